The van der Waals surface area contributed by atoms with E-state index in [1.807, 2.05) is 38.1 Å². The number of amides is 2. The van der Waals surface area contributed by atoms with Crippen LogP contribution in [0.5, 0.6) is 5.75 Å². The van der Waals surface area contributed by atoms with Crippen LogP contribution < -0.4 is 10.1 Å². The van der Waals surface area contributed by atoms with Gasteiger partial charge in [-0.25, -0.2) is 0 Å². The van der Waals surface area contributed by atoms with Crippen molar-refractivity contribution in [2.75, 3.05) is 25.5 Å². The van der Waals surface area contributed by atoms with Crippen molar-refractivity contribution in [1.29, 1.82) is 0 Å². The number of anilines is 1. The molecule has 25 heavy (non-hydrogen) atoms. The number of hydrogen-bond donors (Lipinski definition) is 1. The molecule has 0 unspecified atom stereocenters. The van der Waals surface area contributed by atoms with Crippen LogP contribution in [-0.4, -0.2) is 36.9 Å². The average Bonchev–Trinajstić information content (AvgIpc) is 2.62. The third-order valence-corrected chi connectivity index (χ3v) is 3.79. The van der Waals surface area contributed by atoms with Crippen molar-refractivity contribution in [3.63, 3.8) is 0 Å². The predicted octanol–water partition coefficient (Wildman–Crippen LogP) is 3.49. The highest BCUT2D eigenvalue weighted by Gasteiger charge is 2.18. The second-order valence-corrected chi connectivity index (χ2v) is 5.84. The number of aryl methyl sites for hydroxylation is 1. The van der Waals surface area contributed by atoms with Gasteiger partial charge in [-0.15, -0.1) is 0 Å². The number of methoxy groups -OCH3 is 1. The van der Waals surface area contributed by atoms with Gasteiger partial charge in [0.25, 0.3) is 5.91 Å². The van der Waals surface area contributed by atoms with Gasteiger partial charge in [0, 0.05) is 12.1 Å². The van der Waals surface area contributed by atoms with Gasteiger partial charge >= 0.3 is 0 Å². The van der Waals surface area contributed by atoms with Crippen molar-refractivity contribution in [1.82, 2.24) is 4.90 Å². The molecule has 5 heteroatoms. The molecule has 0 spiro atoms. The van der Waals surface area contributed by atoms with Gasteiger partial charge in [-0.1, -0.05) is 36.8 Å². The van der Waals surface area contributed by atoms with Crippen LogP contribution in [-0.2, 0) is 4.79 Å². The van der Waals surface area contributed by atoms with Gasteiger partial charge < -0.3 is 15.0 Å². The first-order valence-electron chi connectivity index (χ1n) is 8.34. The Morgan fingerprint density at radius 3 is 2.40 bits per heavy atom. The smallest absolute Gasteiger partial charge is 0.254 e. The summed E-state index contributed by atoms with van der Waals surface area (Å²) >= 11 is 0. The number of carbonyl (C=O) groups is 2. The molecule has 0 saturated carbocycles. The summed E-state index contributed by atoms with van der Waals surface area (Å²) in [7, 11) is 1.55. The molecular weight excluding hydrogens is 316 g/mol. The number of nitrogens with zero attached hydrogens (tertiary/aromatic N) is 1. The Kier molecular flexibility index (Phi) is 6.57. The number of nitrogens with one attached hydrogen (secondary N) is 1. The number of ether oxygens (including phenoxy) is 1. The standard InChI is InChI=1S/C20H24N2O3/c1-4-13-22(20(24)16-11-9-15(2)10-12-16)14-19(23)21-17-7-5-6-8-18(17)25-3/h5-12H,4,13-14H2,1-3H3,(H,21,23). The molecule has 0 atom stereocenters. The van der Waals surface area contributed by atoms with Gasteiger partial charge in [0.2, 0.25) is 5.91 Å². The number of carbonyl (C=O) groups excluding carboxylic acids is 2. The van der Waals surface area contributed by atoms with E-state index in [9.17, 15) is 9.59 Å². The minimum Gasteiger partial charge on any atom is -0.495 e. The zero-order chi connectivity index (χ0) is 18.2. The number of benzene rings is 2. The fourth-order valence-electron chi connectivity index (χ4n) is 2.51. The number of hydrogen-bond acceptors (Lipinski definition) is 3. The third-order valence-electron chi connectivity index (χ3n) is 3.79. The first-order valence-corrected chi connectivity index (χ1v) is 8.34. The molecule has 0 aliphatic rings. The normalized spacial score (nSPS) is 10.2. The summed E-state index contributed by atoms with van der Waals surface area (Å²) < 4.78 is 5.23. The van der Waals surface area contributed by atoms with Crippen molar-refractivity contribution >= 4 is 17.5 Å². The van der Waals surface area contributed by atoms with Crippen LogP contribution in [0, 0.1) is 6.92 Å². The van der Waals surface area contributed by atoms with Crippen molar-refractivity contribution in [2.24, 2.45) is 0 Å². The van der Waals surface area contributed by atoms with E-state index in [0.29, 0.717) is 23.5 Å². The van der Waals surface area contributed by atoms with Gasteiger partial charge in [0.15, 0.2) is 0 Å². The maximum absolute atomic E-state index is 12.7. The van der Waals surface area contributed by atoms with Crippen LogP contribution >= 0.6 is 0 Å². The Labute approximate surface area is 148 Å². The molecule has 0 aliphatic carbocycles. The molecular formula is C20H24N2O3. The van der Waals surface area contributed by atoms with Crippen LogP contribution in [0.15, 0.2) is 48.5 Å². The Hall–Kier alpha value is -2.82. The first-order chi connectivity index (χ1) is 12.0. The lowest BCUT2D eigenvalue weighted by Gasteiger charge is -2.22. The van der Waals surface area contributed by atoms with Crippen LogP contribution in [0.25, 0.3) is 0 Å². The molecule has 0 heterocycles. The Balaban J connectivity index is 2.08. The van der Waals surface area contributed by atoms with Gasteiger partial charge in [-0.3, -0.25) is 9.59 Å². The average molecular weight is 340 g/mol. The highest BCUT2D eigenvalue weighted by molar-refractivity contribution is 5.99. The summed E-state index contributed by atoms with van der Waals surface area (Å²) in [5.41, 5.74) is 2.27. The highest BCUT2D eigenvalue weighted by atomic mass is 16.5. The molecule has 0 saturated heterocycles. The van der Waals surface area contributed by atoms with Gasteiger partial charge in [0.1, 0.15) is 12.3 Å². The predicted molar refractivity (Wildman–Crippen MR) is 99.0 cm³/mol. The second-order valence-electron chi connectivity index (χ2n) is 5.84. The number of rotatable bonds is 7. The molecule has 0 aliphatic heterocycles. The van der Waals surface area contributed by atoms with Crippen LogP contribution in [0.3, 0.4) is 0 Å². The van der Waals surface area contributed by atoms with E-state index in [2.05, 4.69) is 5.32 Å². The second kappa shape index (κ2) is 8.87. The van der Waals surface area contributed by atoms with E-state index in [1.54, 1.807) is 36.3 Å². The Bertz CT molecular complexity index is 726. The minimum absolute atomic E-state index is 0.00139. The summed E-state index contributed by atoms with van der Waals surface area (Å²) in [6.45, 7) is 4.47. The fourth-order valence-corrected chi connectivity index (χ4v) is 2.51. The first kappa shape index (κ1) is 18.5. The van der Waals surface area contributed by atoms with Crippen molar-refractivity contribution < 1.29 is 14.3 Å². The van der Waals surface area contributed by atoms with E-state index in [0.717, 1.165) is 12.0 Å². The van der Waals surface area contributed by atoms with E-state index < -0.39 is 0 Å². The molecule has 1 N–H and O–H groups in total. The van der Waals surface area contributed by atoms with Crippen LogP contribution in [0.1, 0.15) is 29.3 Å². The summed E-state index contributed by atoms with van der Waals surface area (Å²) in [6, 6.07) is 14.6. The molecule has 2 rings (SSSR count). The zero-order valence-corrected chi connectivity index (χ0v) is 14.9. The quantitative estimate of drug-likeness (QED) is 0.839. The molecule has 132 valence electrons. The third kappa shape index (κ3) is 5.08. The fraction of sp³-hybridized carbons (Fsp3) is 0.300. The van der Waals surface area contributed by atoms with Gasteiger partial charge in [0.05, 0.1) is 12.8 Å². The monoisotopic (exact) mass is 340 g/mol. The van der Waals surface area contributed by atoms with Crippen molar-refractivity contribution in [3.05, 3.63) is 59.7 Å². The van der Waals surface area contributed by atoms with Gasteiger partial charge in [-0.2, -0.15) is 0 Å². The molecule has 0 aromatic heterocycles. The summed E-state index contributed by atoms with van der Waals surface area (Å²) in [6.07, 6.45) is 0.777. The van der Waals surface area contributed by atoms with E-state index in [1.165, 1.54) is 0 Å². The molecule has 0 radical (unpaired) electrons. The van der Waals surface area contributed by atoms with Crippen LogP contribution in [0.2, 0.25) is 0 Å². The topological polar surface area (TPSA) is 58.6 Å². The highest BCUT2D eigenvalue weighted by Crippen LogP contribution is 2.22. The molecule has 2 amide bonds. The van der Waals surface area contributed by atoms with Gasteiger partial charge in [-0.05, 0) is 37.6 Å². The molecule has 5 nitrogen and oxygen atoms in total. The molecule has 0 bridgehead atoms. The van der Waals surface area contributed by atoms with Crippen LogP contribution in [0.4, 0.5) is 5.69 Å². The van der Waals surface area contributed by atoms with E-state index in [-0.39, 0.29) is 18.4 Å². The Morgan fingerprint density at radius 1 is 1.08 bits per heavy atom. The lowest BCUT2D eigenvalue weighted by molar-refractivity contribution is -0.116. The molecule has 0 fully saturated rings. The largest absolute Gasteiger partial charge is 0.495 e. The molecule has 2 aromatic carbocycles. The van der Waals surface area contributed by atoms with Crippen molar-refractivity contribution in [2.45, 2.75) is 20.3 Å². The van der Waals surface area contributed by atoms with E-state index >= 15 is 0 Å². The lowest BCUT2D eigenvalue weighted by atomic mass is 10.1. The zero-order valence-electron chi connectivity index (χ0n) is 14.9. The van der Waals surface area contributed by atoms with E-state index in [4.69, 9.17) is 4.74 Å². The lowest BCUT2D eigenvalue weighted by Crippen LogP contribution is -2.38. The SMILES string of the molecule is CCCN(CC(=O)Nc1ccccc1OC)C(=O)c1ccc(C)cc1. The summed E-state index contributed by atoms with van der Waals surface area (Å²) in [4.78, 5) is 26.6. The summed E-state index contributed by atoms with van der Waals surface area (Å²) in [5.74, 6) is 0.193. The maximum atomic E-state index is 12.7. The summed E-state index contributed by atoms with van der Waals surface area (Å²) in [5, 5.41) is 2.81. The number of para-hydroxylation sites is 2. The molecule has 2 aromatic rings. The van der Waals surface area contributed by atoms with Crippen molar-refractivity contribution in [3.8, 4) is 5.75 Å². The minimum atomic E-state index is -0.251. The maximum Gasteiger partial charge on any atom is 0.254 e. The Morgan fingerprint density at radius 2 is 1.76 bits per heavy atom.